The van der Waals surface area contributed by atoms with Crippen LogP contribution >= 0.6 is 39.0 Å². The predicted molar refractivity (Wildman–Crippen MR) is 81.0 cm³/mol. The first kappa shape index (κ1) is 13.1. The molecule has 4 heteroatoms. The van der Waals surface area contributed by atoms with Crippen LogP contribution in [-0.2, 0) is 0 Å². The Hall–Kier alpha value is -0.290. The molecule has 0 bridgehead atoms. The molecule has 0 saturated heterocycles. The first-order valence-electron chi connectivity index (χ1n) is 5.27. The SMILES string of the molecule is CSc1ccccc1C(N)c1sc(C)cc1Br. The van der Waals surface area contributed by atoms with Gasteiger partial charge in [0.15, 0.2) is 0 Å². The second-order valence-corrected chi connectivity index (χ2v) is 6.78. The van der Waals surface area contributed by atoms with Gasteiger partial charge in [0.25, 0.3) is 0 Å². The zero-order valence-corrected chi connectivity index (χ0v) is 13.0. The quantitative estimate of drug-likeness (QED) is 0.834. The minimum Gasteiger partial charge on any atom is -0.320 e. The van der Waals surface area contributed by atoms with E-state index in [0.717, 1.165) is 4.47 Å². The van der Waals surface area contributed by atoms with E-state index >= 15 is 0 Å². The lowest BCUT2D eigenvalue weighted by atomic mass is 10.1. The van der Waals surface area contributed by atoms with E-state index in [1.807, 2.05) is 6.07 Å². The molecule has 2 N–H and O–H groups in total. The number of benzene rings is 1. The molecule has 0 saturated carbocycles. The molecule has 1 aromatic heterocycles. The summed E-state index contributed by atoms with van der Waals surface area (Å²) in [5.41, 5.74) is 7.57. The van der Waals surface area contributed by atoms with Gasteiger partial charge in [-0.2, -0.15) is 0 Å². The van der Waals surface area contributed by atoms with Gasteiger partial charge in [-0.25, -0.2) is 0 Å². The molecule has 0 spiro atoms. The van der Waals surface area contributed by atoms with Crippen molar-refractivity contribution in [2.45, 2.75) is 17.9 Å². The van der Waals surface area contributed by atoms with Crippen LogP contribution in [0.25, 0.3) is 0 Å². The van der Waals surface area contributed by atoms with Crippen LogP contribution in [0.4, 0.5) is 0 Å². The van der Waals surface area contributed by atoms with Gasteiger partial charge in [0.05, 0.1) is 6.04 Å². The maximum absolute atomic E-state index is 6.37. The van der Waals surface area contributed by atoms with Gasteiger partial charge in [-0.1, -0.05) is 18.2 Å². The second-order valence-electron chi connectivity index (χ2n) is 3.79. The second kappa shape index (κ2) is 5.57. The zero-order chi connectivity index (χ0) is 12.4. The monoisotopic (exact) mass is 327 g/mol. The Morgan fingerprint density at radius 1 is 1.35 bits per heavy atom. The van der Waals surface area contributed by atoms with Crippen LogP contribution < -0.4 is 5.73 Å². The largest absolute Gasteiger partial charge is 0.320 e. The molecule has 0 amide bonds. The van der Waals surface area contributed by atoms with Gasteiger partial charge in [0, 0.05) is 19.1 Å². The summed E-state index contributed by atoms with van der Waals surface area (Å²) in [5, 5.41) is 0. The molecule has 1 unspecified atom stereocenters. The molecule has 0 aliphatic carbocycles. The Kier molecular flexibility index (Phi) is 4.31. The standard InChI is InChI=1S/C13H14BrNS2/c1-8-7-10(14)13(17-8)12(15)9-5-3-4-6-11(9)16-2/h3-7,12H,15H2,1-2H3. The Balaban J connectivity index is 2.43. The highest BCUT2D eigenvalue weighted by atomic mass is 79.9. The summed E-state index contributed by atoms with van der Waals surface area (Å²) in [6.45, 7) is 2.10. The van der Waals surface area contributed by atoms with Crippen molar-refractivity contribution >= 4 is 39.0 Å². The van der Waals surface area contributed by atoms with Crippen molar-refractivity contribution in [1.82, 2.24) is 0 Å². The van der Waals surface area contributed by atoms with Gasteiger partial charge in [-0.05, 0) is 46.8 Å². The van der Waals surface area contributed by atoms with Crippen LogP contribution in [0.2, 0.25) is 0 Å². The lowest BCUT2D eigenvalue weighted by Gasteiger charge is -2.14. The summed E-state index contributed by atoms with van der Waals surface area (Å²) in [4.78, 5) is 3.73. The molecule has 0 radical (unpaired) electrons. The Morgan fingerprint density at radius 3 is 2.65 bits per heavy atom. The van der Waals surface area contributed by atoms with Gasteiger partial charge >= 0.3 is 0 Å². The third-order valence-corrected chi connectivity index (χ3v) is 5.46. The minimum absolute atomic E-state index is 0.0493. The highest BCUT2D eigenvalue weighted by Gasteiger charge is 2.17. The number of thiophene rings is 1. The van der Waals surface area contributed by atoms with Crippen molar-refractivity contribution in [3.8, 4) is 0 Å². The van der Waals surface area contributed by atoms with Gasteiger partial charge in [-0.15, -0.1) is 23.1 Å². The smallest absolute Gasteiger partial charge is 0.0668 e. The molecule has 1 atom stereocenters. The molecule has 17 heavy (non-hydrogen) atoms. The van der Waals surface area contributed by atoms with Crippen molar-refractivity contribution in [1.29, 1.82) is 0 Å². The molecule has 2 rings (SSSR count). The maximum atomic E-state index is 6.37. The third-order valence-electron chi connectivity index (χ3n) is 2.59. The fraction of sp³-hybridized carbons (Fsp3) is 0.231. The highest BCUT2D eigenvalue weighted by molar-refractivity contribution is 9.10. The fourth-order valence-corrected chi connectivity index (χ4v) is 4.34. The van der Waals surface area contributed by atoms with Crippen molar-refractivity contribution < 1.29 is 0 Å². The number of aryl methyl sites for hydroxylation is 1. The van der Waals surface area contributed by atoms with Crippen molar-refractivity contribution in [2.24, 2.45) is 5.73 Å². The summed E-state index contributed by atoms with van der Waals surface area (Å²) in [6, 6.07) is 10.4. The Labute approximate surface area is 119 Å². The summed E-state index contributed by atoms with van der Waals surface area (Å²) in [5.74, 6) is 0. The van der Waals surface area contributed by atoms with E-state index in [9.17, 15) is 0 Å². The number of halogens is 1. The summed E-state index contributed by atoms with van der Waals surface area (Å²) < 4.78 is 1.11. The van der Waals surface area contributed by atoms with Crippen LogP contribution in [0.5, 0.6) is 0 Å². The number of rotatable bonds is 3. The molecule has 0 fully saturated rings. The third kappa shape index (κ3) is 2.76. The summed E-state index contributed by atoms with van der Waals surface area (Å²) in [7, 11) is 0. The van der Waals surface area contributed by atoms with E-state index in [0.29, 0.717) is 0 Å². The minimum atomic E-state index is -0.0493. The van der Waals surface area contributed by atoms with Crippen LogP contribution in [0.1, 0.15) is 21.4 Å². The van der Waals surface area contributed by atoms with Crippen molar-refractivity contribution in [3.05, 3.63) is 50.1 Å². The average molecular weight is 328 g/mol. The molecular formula is C13H14BrNS2. The molecule has 1 aromatic carbocycles. The molecule has 1 nitrogen and oxygen atoms in total. The molecule has 1 heterocycles. The van der Waals surface area contributed by atoms with Crippen molar-refractivity contribution in [3.63, 3.8) is 0 Å². The van der Waals surface area contributed by atoms with E-state index in [1.165, 1.54) is 20.2 Å². The highest BCUT2D eigenvalue weighted by Crippen LogP contribution is 2.36. The first-order chi connectivity index (χ1) is 8.13. The predicted octanol–water partition coefficient (Wildman–Crippen LogP) is 4.59. The number of hydrogen-bond donors (Lipinski definition) is 1. The number of hydrogen-bond acceptors (Lipinski definition) is 3. The van der Waals surface area contributed by atoms with Crippen LogP contribution in [0, 0.1) is 6.92 Å². The van der Waals surface area contributed by atoms with E-state index < -0.39 is 0 Å². The summed E-state index contributed by atoms with van der Waals surface area (Å²) >= 11 is 7.08. The van der Waals surface area contributed by atoms with Crippen LogP contribution in [-0.4, -0.2) is 6.26 Å². The van der Waals surface area contributed by atoms with Gasteiger partial charge in [0.2, 0.25) is 0 Å². The number of nitrogens with two attached hydrogens (primary N) is 1. The molecule has 0 aliphatic rings. The van der Waals surface area contributed by atoms with Gasteiger partial charge in [-0.3, -0.25) is 0 Å². The molecule has 2 aromatic rings. The summed E-state index contributed by atoms with van der Waals surface area (Å²) in [6.07, 6.45) is 2.08. The Bertz CT molecular complexity index is 522. The molecular weight excluding hydrogens is 314 g/mol. The van der Waals surface area contributed by atoms with Crippen LogP contribution in [0.3, 0.4) is 0 Å². The average Bonchev–Trinajstić information content (AvgIpc) is 2.67. The fourth-order valence-electron chi connectivity index (χ4n) is 1.78. The van der Waals surface area contributed by atoms with E-state index in [-0.39, 0.29) is 6.04 Å². The first-order valence-corrected chi connectivity index (χ1v) is 8.11. The van der Waals surface area contributed by atoms with E-state index in [1.54, 1.807) is 23.1 Å². The number of thioether (sulfide) groups is 1. The van der Waals surface area contributed by atoms with E-state index in [2.05, 4.69) is 53.4 Å². The zero-order valence-electron chi connectivity index (χ0n) is 9.74. The lowest BCUT2D eigenvalue weighted by molar-refractivity contribution is 0.864. The van der Waals surface area contributed by atoms with Crippen LogP contribution in [0.15, 0.2) is 39.7 Å². The molecule has 0 aliphatic heterocycles. The van der Waals surface area contributed by atoms with Gasteiger partial charge < -0.3 is 5.73 Å². The van der Waals surface area contributed by atoms with Crippen molar-refractivity contribution in [2.75, 3.05) is 6.26 Å². The van der Waals surface area contributed by atoms with Gasteiger partial charge in [0.1, 0.15) is 0 Å². The molecule has 90 valence electrons. The maximum Gasteiger partial charge on any atom is 0.0668 e. The Morgan fingerprint density at radius 2 is 2.06 bits per heavy atom. The van der Waals surface area contributed by atoms with E-state index in [4.69, 9.17) is 5.73 Å². The lowest BCUT2D eigenvalue weighted by Crippen LogP contribution is -2.11. The topological polar surface area (TPSA) is 26.0 Å². The normalized spacial score (nSPS) is 12.7.